The predicted octanol–water partition coefficient (Wildman–Crippen LogP) is 4.46. The van der Waals surface area contributed by atoms with Crippen molar-refractivity contribution >= 4 is 39.1 Å². The van der Waals surface area contributed by atoms with Crippen LogP contribution in [0.4, 0.5) is 5.69 Å². The van der Waals surface area contributed by atoms with E-state index in [1.54, 1.807) is 18.2 Å². The Hall–Kier alpha value is -1.36. The van der Waals surface area contributed by atoms with Gasteiger partial charge in [0, 0.05) is 16.7 Å². The minimum absolute atomic E-state index is 0.220. The van der Waals surface area contributed by atoms with Crippen LogP contribution in [0.3, 0.4) is 0 Å². The van der Waals surface area contributed by atoms with Gasteiger partial charge in [-0.25, -0.2) is 0 Å². The summed E-state index contributed by atoms with van der Waals surface area (Å²) < 4.78 is 0.818. The summed E-state index contributed by atoms with van der Waals surface area (Å²) in [6, 6.07) is 13.0. The second-order valence-corrected chi connectivity index (χ2v) is 5.88. The molecule has 0 atom stereocenters. The van der Waals surface area contributed by atoms with E-state index >= 15 is 0 Å². The second kappa shape index (κ2) is 7.59. The van der Waals surface area contributed by atoms with Crippen LogP contribution in [0.15, 0.2) is 46.9 Å². The number of carbonyl (C=O) groups excluding carboxylic acids is 1. The molecule has 0 fully saturated rings. The van der Waals surface area contributed by atoms with Gasteiger partial charge in [0.15, 0.2) is 0 Å². The van der Waals surface area contributed by atoms with E-state index in [-0.39, 0.29) is 5.91 Å². The number of nitrogens with one attached hydrogen (secondary N) is 2. The largest absolute Gasteiger partial charge is 0.322 e. The number of rotatable bonds is 5. The van der Waals surface area contributed by atoms with Crippen LogP contribution >= 0.6 is 27.5 Å². The van der Waals surface area contributed by atoms with Gasteiger partial charge in [-0.2, -0.15) is 0 Å². The average molecular weight is 368 g/mol. The third-order valence-corrected chi connectivity index (χ3v) is 3.76. The number of carbonyl (C=O) groups is 1. The van der Waals surface area contributed by atoms with Crippen molar-refractivity contribution in [3.8, 4) is 0 Å². The van der Waals surface area contributed by atoms with E-state index in [1.807, 2.05) is 24.3 Å². The summed E-state index contributed by atoms with van der Waals surface area (Å²) in [6.45, 7) is 3.74. The summed E-state index contributed by atoms with van der Waals surface area (Å²) in [7, 11) is 0. The number of amides is 1. The Kier molecular flexibility index (Phi) is 5.79. The lowest BCUT2D eigenvalue weighted by Crippen LogP contribution is -2.14. The molecule has 0 aliphatic rings. The highest BCUT2D eigenvalue weighted by Crippen LogP contribution is 2.22. The van der Waals surface area contributed by atoms with Gasteiger partial charge in [-0.15, -0.1) is 0 Å². The highest BCUT2D eigenvalue weighted by Gasteiger charge is 2.11. The first-order valence-electron chi connectivity index (χ1n) is 6.66. The molecule has 3 nitrogen and oxygen atoms in total. The zero-order chi connectivity index (χ0) is 15.2. The molecule has 0 heterocycles. The van der Waals surface area contributed by atoms with Crippen LogP contribution in [0.25, 0.3) is 0 Å². The van der Waals surface area contributed by atoms with Crippen LogP contribution in [-0.4, -0.2) is 12.5 Å². The van der Waals surface area contributed by atoms with Gasteiger partial charge in [0.25, 0.3) is 5.91 Å². The first-order chi connectivity index (χ1) is 10.1. The molecule has 0 bridgehead atoms. The lowest BCUT2D eigenvalue weighted by Gasteiger charge is -2.09. The van der Waals surface area contributed by atoms with Crippen LogP contribution in [0.1, 0.15) is 22.8 Å². The fourth-order valence-corrected chi connectivity index (χ4v) is 2.46. The van der Waals surface area contributed by atoms with E-state index in [4.69, 9.17) is 11.6 Å². The van der Waals surface area contributed by atoms with Crippen LogP contribution in [0.2, 0.25) is 5.02 Å². The van der Waals surface area contributed by atoms with Crippen molar-refractivity contribution in [2.24, 2.45) is 0 Å². The first-order valence-corrected chi connectivity index (χ1v) is 7.83. The number of hydrogen-bond donors (Lipinski definition) is 2. The van der Waals surface area contributed by atoms with Crippen LogP contribution < -0.4 is 10.6 Å². The zero-order valence-corrected chi connectivity index (χ0v) is 14.0. The highest BCUT2D eigenvalue weighted by atomic mass is 79.9. The number of anilines is 1. The maximum Gasteiger partial charge on any atom is 0.257 e. The molecule has 5 heteroatoms. The van der Waals surface area contributed by atoms with Crippen molar-refractivity contribution in [2.75, 3.05) is 11.9 Å². The third-order valence-electron chi connectivity index (χ3n) is 2.94. The number of benzene rings is 2. The van der Waals surface area contributed by atoms with E-state index in [9.17, 15) is 4.79 Å². The molecule has 0 saturated carbocycles. The summed E-state index contributed by atoms with van der Waals surface area (Å²) in [4.78, 5) is 12.3. The molecular weight excluding hydrogens is 352 g/mol. The summed E-state index contributed by atoms with van der Waals surface area (Å²) in [5.41, 5.74) is 2.32. The fraction of sp³-hybridized carbons (Fsp3) is 0.188. The molecule has 0 saturated heterocycles. The van der Waals surface area contributed by atoms with E-state index in [0.717, 1.165) is 28.8 Å². The van der Waals surface area contributed by atoms with Gasteiger partial charge in [0.2, 0.25) is 0 Å². The van der Waals surface area contributed by atoms with Gasteiger partial charge in [-0.05, 0) is 42.4 Å². The molecule has 0 unspecified atom stereocenters. The van der Waals surface area contributed by atoms with E-state index in [2.05, 4.69) is 33.5 Å². The summed E-state index contributed by atoms with van der Waals surface area (Å²) in [6.07, 6.45) is 0. The summed E-state index contributed by atoms with van der Waals surface area (Å²) >= 11 is 9.41. The van der Waals surface area contributed by atoms with Crippen LogP contribution in [-0.2, 0) is 6.54 Å². The third kappa shape index (κ3) is 4.56. The molecule has 2 aromatic rings. The molecule has 0 aliphatic heterocycles. The summed E-state index contributed by atoms with van der Waals surface area (Å²) in [5.74, 6) is -0.220. The Morgan fingerprint density at radius 2 is 2.05 bits per heavy atom. The molecule has 2 N–H and O–H groups in total. The fourth-order valence-electron chi connectivity index (χ4n) is 1.90. The van der Waals surface area contributed by atoms with Gasteiger partial charge in [-0.1, -0.05) is 46.6 Å². The Balaban J connectivity index is 2.14. The van der Waals surface area contributed by atoms with Gasteiger partial charge in [0.1, 0.15) is 0 Å². The van der Waals surface area contributed by atoms with Gasteiger partial charge in [0.05, 0.1) is 10.6 Å². The maximum atomic E-state index is 12.3. The molecule has 0 spiro atoms. The van der Waals surface area contributed by atoms with Crippen LogP contribution in [0.5, 0.6) is 0 Å². The van der Waals surface area contributed by atoms with Gasteiger partial charge < -0.3 is 10.6 Å². The lowest BCUT2D eigenvalue weighted by atomic mass is 10.1. The molecule has 2 aromatic carbocycles. The Labute approximate surface area is 137 Å². The number of hydrogen-bond acceptors (Lipinski definition) is 2. The normalized spacial score (nSPS) is 10.4. The van der Waals surface area contributed by atoms with Crippen molar-refractivity contribution in [3.05, 3.63) is 63.1 Å². The van der Waals surface area contributed by atoms with E-state index in [1.165, 1.54) is 0 Å². The van der Waals surface area contributed by atoms with Crippen molar-refractivity contribution in [1.82, 2.24) is 5.32 Å². The lowest BCUT2D eigenvalue weighted by molar-refractivity contribution is 0.102. The standard InChI is InChI=1S/C16H16BrClN2O/c1-2-19-10-11-4-3-5-13(8-11)20-16(21)14-9-12(17)6-7-15(14)18/h3-9,19H,2,10H2,1H3,(H,20,21). The number of halogens is 2. The highest BCUT2D eigenvalue weighted by molar-refractivity contribution is 9.10. The molecule has 2 rings (SSSR count). The molecule has 21 heavy (non-hydrogen) atoms. The molecule has 0 aliphatic carbocycles. The Morgan fingerprint density at radius 1 is 1.24 bits per heavy atom. The predicted molar refractivity (Wildman–Crippen MR) is 90.9 cm³/mol. The van der Waals surface area contributed by atoms with Gasteiger partial charge >= 0.3 is 0 Å². The summed E-state index contributed by atoms with van der Waals surface area (Å²) in [5, 5.41) is 6.55. The SMILES string of the molecule is CCNCc1cccc(NC(=O)c2cc(Br)ccc2Cl)c1. The topological polar surface area (TPSA) is 41.1 Å². The van der Waals surface area contributed by atoms with Crippen molar-refractivity contribution in [2.45, 2.75) is 13.5 Å². The zero-order valence-electron chi connectivity index (χ0n) is 11.6. The molecule has 0 radical (unpaired) electrons. The average Bonchev–Trinajstić information content (AvgIpc) is 2.48. The van der Waals surface area contributed by atoms with E-state index < -0.39 is 0 Å². The smallest absolute Gasteiger partial charge is 0.257 e. The second-order valence-electron chi connectivity index (χ2n) is 4.56. The first kappa shape index (κ1) is 16.0. The monoisotopic (exact) mass is 366 g/mol. The molecule has 1 amide bonds. The van der Waals surface area contributed by atoms with E-state index in [0.29, 0.717) is 10.6 Å². The van der Waals surface area contributed by atoms with Crippen LogP contribution in [0, 0.1) is 0 Å². The van der Waals surface area contributed by atoms with Crippen molar-refractivity contribution in [3.63, 3.8) is 0 Å². The van der Waals surface area contributed by atoms with Gasteiger partial charge in [-0.3, -0.25) is 4.79 Å². The molecular formula is C16H16BrClN2O. The molecule has 110 valence electrons. The van der Waals surface area contributed by atoms with Crippen molar-refractivity contribution in [1.29, 1.82) is 0 Å². The molecule has 0 aromatic heterocycles. The Morgan fingerprint density at radius 3 is 2.81 bits per heavy atom. The minimum Gasteiger partial charge on any atom is -0.322 e. The maximum absolute atomic E-state index is 12.3. The van der Waals surface area contributed by atoms with Crippen molar-refractivity contribution < 1.29 is 4.79 Å². The quantitative estimate of drug-likeness (QED) is 0.819. The Bertz CT molecular complexity index is 646. The minimum atomic E-state index is -0.220.